The second-order valence-electron chi connectivity index (χ2n) is 3.84. The van der Waals surface area contributed by atoms with Crippen molar-refractivity contribution in [2.75, 3.05) is 13.2 Å². The first kappa shape index (κ1) is 15.2. The quantitative estimate of drug-likeness (QED) is 0.412. The molecule has 0 aromatic rings. The second kappa shape index (κ2) is 6.74. The highest BCUT2D eigenvalue weighted by atomic mass is 35.5. The predicted molar refractivity (Wildman–Crippen MR) is 61.3 cm³/mol. The van der Waals surface area contributed by atoms with Crippen molar-refractivity contribution in [3.8, 4) is 0 Å². The molecule has 0 rings (SSSR count). The van der Waals surface area contributed by atoms with Gasteiger partial charge >= 0.3 is 11.9 Å². The third-order valence-electron chi connectivity index (χ3n) is 1.89. The van der Waals surface area contributed by atoms with Crippen molar-refractivity contribution in [1.29, 1.82) is 0 Å². The maximum absolute atomic E-state index is 11.7. The molecule has 94 valence electrons. The summed E-state index contributed by atoms with van der Waals surface area (Å²) >= 11 is 6.04. The van der Waals surface area contributed by atoms with E-state index in [0.717, 1.165) is 0 Å². The van der Waals surface area contributed by atoms with Crippen LogP contribution in [0.15, 0.2) is 0 Å². The van der Waals surface area contributed by atoms with Crippen LogP contribution in [0.25, 0.3) is 0 Å². The van der Waals surface area contributed by atoms with Gasteiger partial charge in [-0.1, -0.05) is 25.4 Å². The number of esters is 2. The molecule has 0 aliphatic carbocycles. The summed E-state index contributed by atoms with van der Waals surface area (Å²) < 4.78 is 9.61. The molecule has 0 saturated carbocycles. The van der Waals surface area contributed by atoms with Crippen molar-refractivity contribution in [1.82, 2.24) is 0 Å². The van der Waals surface area contributed by atoms with Crippen molar-refractivity contribution in [3.63, 3.8) is 0 Å². The van der Waals surface area contributed by atoms with E-state index in [9.17, 15) is 9.59 Å². The second-order valence-corrected chi connectivity index (χ2v) is 4.49. The summed E-state index contributed by atoms with van der Waals surface area (Å²) in [5, 5.41) is 0. The number of hydrogen-bond donors (Lipinski definition) is 0. The zero-order chi connectivity index (χ0) is 12.8. The summed E-state index contributed by atoms with van der Waals surface area (Å²) in [6.07, 6.45) is 0.201. The van der Waals surface area contributed by atoms with Gasteiger partial charge in [-0.15, -0.1) is 0 Å². The van der Waals surface area contributed by atoms with Crippen molar-refractivity contribution < 1.29 is 19.1 Å². The first-order valence-electron chi connectivity index (χ1n) is 5.41. The van der Waals surface area contributed by atoms with Crippen molar-refractivity contribution in [2.45, 2.75) is 39.0 Å². The minimum atomic E-state index is -1.71. The first-order valence-corrected chi connectivity index (χ1v) is 5.79. The fourth-order valence-electron chi connectivity index (χ4n) is 1.30. The topological polar surface area (TPSA) is 52.6 Å². The van der Waals surface area contributed by atoms with E-state index in [1.54, 1.807) is 13.8 Å². The summed E-state index contributed by atoms with van der Waals surface area (Å²) in [6, 6.07) is 0. The Hall–Kier alpha value is -0.770. The molecule has 0 aliphatic rings. The van der Waals surface area contributed by atoms with Gasteiger partial charge in [-0.25, -0.2) is 9.59 Å². The third kappa shape index (κ3) is 4.00. The minimum absolute atomic E-state index is 0.0892. The number of alkyl halides is 1. The molecule has 0 aliphatic heterocycles. The lowest BCUT2D eigenvalue weighted by atomic mass is 9.96. The summed E-state index contributed by atoms with van der Waals surface area (Å²) in [7, 11) is 0. The fourth-order valence-corrected chi connectivity index (χ4v) is 1.72. The number of carbonyl (C=O) groups is 2. The molecule has 0 saturated heterocycles. The molecule has 0 amide bonds. The summed E-state index contributed by atoms with van der Waals surface area (Å²) in [4.78, 5) is 21.6. The van der Waals surface area contributed by atoms with Crippen molar-refractivity contribution in [2.24, 2.45) is 5.92 Å². The average Bonchev–Trinajstić information content (AvgIpc) is 2.17. The number of ether oxygens (including phenoxy) is 2. The lowest BCUT2D eigenvalue weighted by Gasteiger charge is -2.24. The van der Waals surface area contributed by atoms with Gasteiger partial charge in [-0.2, -0.15) is 0 Å². The molecule has 0 unspecified atom stereocenters. The molecule has 0 bridgehead atoms. The van der Waals surface area contributed by atoms with E-state index in [2.05, 4.69) is 0 Å². The Labute approximate surface area is 101 Å². The molecular formula is C11H19ClO4. The van der Waals surface area contributed by atoms with Crippen LogP contribution in [0.2, 0.25) is 0 Å². The Balaban J connectivity index is 4.86. The highest BCUT2D eigenvalue weighted by Gasteiger charge is 2.47. The zero-order valence-electron chi connectivity index (χ0n) is 10.2. The van der Waals surface area contributed by atoms with E-state index in [0.29, 0.717) is 0 Å². The number of halogens is 1. The van der Waals surface area contributed by atoms with E-state index >= 15 is 0 Å². The van der Waals surface area contributed by atoms with Gasteiger partial charge in [0.15, 0.2) is 0 Å². The van der Waals surface area contributed by atoms with Gasteiger partial charge in [0.2, 0.25) is 4.87 Å². The number of hydrogen-bond acceptors (Lipinski definition) is 4. The number of rotatable bonds is 6. The van der Waals surface area contributed by atoms with Crippen LogP contribution in [-0.4, -0.2) is 30.0 Å². The fraction of sp³-hybridized carbons (Fsp3) is 0.818. The molecule has 0 radical (unpaired) electrons. The molecule has 16 heavy (non-hydrogen) atoms. The smallest absolute Gasteiger partial charge is 0.338 e. The molecule has 0 aromatic heterocycles. The number of carbonyl (C=O) groups excluding carboxylic acids is 2. The molecular weight excluding hydrogens is 232 g/mol. The van der Waals surface area contributed by atoms with E-state index in [-0.39, 0.29) is 25.6 Å². The molecule has 0 N–H and O–H groups in total. The van der Waals surface area contributed by atoms with Crippen molar-refractivity contribution >= 4 is 23.5 Å². The van der Waals surface area contributed by atoms with Crippen LogP contribution in [0.5, 0.6) is 0 Å². The summed E-state index contributed by atoms with van der Waals surface area (Å²) in [5.74, 6) is -1.38. The summed E-state index contributed by atoms with van der Waals surface area (Å²) in [6.45, 7) is 7.44. The van der Waals surface area contributed by atoms with Crippen LogP contribution in [0.1, 0.15) is 34.1 Å². The lowest BCUT2D eigenvalue weighted by Crippen LogP contribution is -2.45. The van der Waals surface area contributed by atoms with Crippen LogP contribution < -0.4 is 0 Å². The van der Waals surface area contributed by atoms with Gasteiger partial charge < -0.3 is 9.47 Å². The molecule has 5 heteroatoms. The average molecular weight is 251 g/mol. The Morgan fingerprint density at radius 1 is 1.12 bits per heavy atom. The van der Waals surface area contributed by atoms with Crippen LogP contribution in [0.4, 0.5) is 0 Å². The summed E-state index contributed by atoms with van der Waals surface area (Å²) in [5.41, 5.74) is 0. The highest BCUT2D eigenvalue weighted by Crippen LogP contribution is 2.28. The zero-order valence-corrected chi connectivity index (χ0v) is 11.0. The largest absolute Gasteiger partial charge is 0.464 e. The van der Waals surface area contributed by atoms with Gasteiger partial charge in [0.05, 0.1) is 13.2 Å². The third-order valence-corrected chi connectivity index (χ3v) is 2.35. The Kier molecular flexibility index (Phi) is 6.41. The van der Waals surface area contributed by atoms with Crippen LogP contribution in [0, 0.1) is 5.92 Å². The van der Waals surface area contributed by atoms with E-state index in [1.165, 1.54) is 0 Å². The van der Waals surface area contributed by atoms with Gasteiger partial charge in [-0.05, 0) is 26.2 Å². The maximum atomic E-state index is 11.7. The normalized spacial score (nSPS) is 11.4. The van der Waals surface area contributed by atoms with Crippen LogP contribution >= 0.6 is 11.6 Å². The molecule has 4 nitrogen and oxygen atoms in total. The van der Waals surface area contributed by atoms with Gasteiger partial charge in [0.25, 0.3) is 0 Å². The van der Waals surface area contributed by atoms with Gasteiger partial charge in [0.1, 0.15) is 0 Å². The molecule has 0 aromatic carbocycles. The molecule has 0 atom stereocenters. The molecule has 0 fully saturated rings. The Morgan fingerprint density at radius 2 is 1.50 bits per heavy atom. The predicted octanol–water partition coefficient (Wildman–Crippen LogP) is 2.14. The van der Waals surface area contributed by atoms with Crippen LogP contribution in [0.3, 0.4) is 0 Å². The maximum Gasteiger partial charge on any atom is 0.338 e. The lowest BCUT2D eigenvalue weighted by molar-refractivity contribution is -0.159. The van der Waals surface area contributed by atoms with Gasteiger partial charge in [0, 0.05) is 0 Å². The standard InChI is InChI=1S/C11H19ClO4/c1-5-15-9(13)11(12,7-8(3)4)10(14)16-6-2/h8H,5-7H2,1-4H3. The Morgan fingerprint density at radius 3 is 1.75 bits per heavy atom. The van der Waals surface area contributed by atoms with Gasteiger partial charge in [-0.3, -0.25) is 0 Å². The van der Waals surface area contributed by atoms with E-state index in [4.69, 9.17) is 21.1 Å². The molecule has 0 heterocycles. The first-order chi connectivity index (χ1) is 7.38. The minimum Gasteiger partial charge on any atom is -0.464 e. The van der Waals surface area contributed by atoms with Crippen molar-refractivity contribution in [3.05, 3.63) is 0 Å². The van der Waals surface area contributed by atoms with E-state index < -0.39 is 16.8 Å². The van der Waals surface area contributed by atoms with E-state index in [1.807, 2.05) is 13.8 Å². The van der Waals surface area contributed by atoms with Crippen LogP contribution in [-0.2, 0) is 19.1 Å². The Bertz CT molecular complexity index is 232. The SMILES string of the molecule is CCOC(=O)C(Cl)(CC(C)C)C(=O)OCC. The monoisotopic (exact) mass is 250 g/mol. The molecule has 0 spiro atoms. The highest BCUT2D eigenvalue weighted by molar-refractivity contribution is 6.44.